The van der Waals surface area contributed by atoms with Gasteiger partial charge in [-0.1, -0.05) is 101 Å². The first-order valence-corrected chi connectivity index (χ1v) is 12.9. The van der Waals surface area contributed by atoms with Crippen LogP contribution in [0.1, 0.15) is 47.0 Å². The number of ether oxygens (including phenoxy) is 1. The van der Waals surface area contributed by atoms with Gasteiger partial charge in [0.2, 0.25) is 0 Å². The Kier molecular flexibility index (Phi) is 7.45. The molecule has 0 saturated heterocycles. The number of hydrogen-bond acceptors (Lipinski definition) is 3. The van der Waals surface area contributed by atoms with E-state index in [0.717, 1.165) is 6.42 Å². The molecule has 0 aliphatic carbocycles. The Morgan fingerprint density at radius 1 is 0.967 bits per heavy atom. The first-order valence-electron chi connectivity index (χ1n) is 11.0. The Labute approximate surface area is 182 Å². The lowest BCUT2D eigenvalue weighted by molar-refractivity contribution is -0.135. The molecule has 1 aliphatic rings. The summed E-state index contributed by atoms with van der Waals surface area (Å²) in [6.07, 6.45) is 5.48. The summed E-state index contributed by atoms with van der Waals surface area (Å²) in [7, 11) is -2.60. The summed E-state index contributed by atoms with van der Waals surface area (Å²) in [5.74, 6) is 0.156. The lowest BCUT2D eigenvalue weighted by atomic mass is 10.1. The maximum atomic E-state index is 12.3. The molecular weight excluding hydrogens is 388 g/mol. The van der Waals surface area contributed by atoms with E-state index in [4.69, 9.17) is 9.16 Å². The molecule has 2 atom stereocenters. The van der Waals surface area contributed by atoms with Gasteiger partial charge in [-0.05, 0) is 28.3 Å². The van der Waals surface area contributed by atoms with Gasteiger partial charge in [0.1, 0.15) is 6.10 Å². The molecule has 2 aromatic rings. The molecule has 3 nitrogen and oxygen atoms in total. The molecule has 1 heterocycles. The lowest BCUT2D eigenvalue weighted by Gasteiger charge is -2.43. The minimum absolute atomic E-state index is 0.0762. The molecule has 0 spiro atoms. The first kappa shape index (κ1) is 22.7. The van der Waals surface area contributed by atoms with Crippen molar-refractivity contribution >= 4 is 24.5 Å². The molecule has 0 radical (unpaired) electrons. The van der Waals surface area contributed by atoms with Crippen LogP contribution in [0.5, 0.6) is 0 Å². The first-order chi connectivity index (χ1) is 14.4. The van der Waals surface area contributed by atoms with Crippen LogP contribution in [0.4, 0.5) is 0 Å². The summed E-state index contributed by atoms with van der Waals surface area (Å²) in [4.78, 5) is 12.3. The van der Waals surface area contributed by atoms with Crippen LogP contribution in [-0.2, 0) is 14.0 Å². The quantitative estimate of drug-likeness (QED) is 0.502. The highest BCUT2D eigenvalue weighted by Gasteiger charge is 2.50. The number of carbonyl (C=O) groups excluding carboxylic acids is 1. The van der Waals surface area contributed by atoms with Crippen LogP contribution in [0.15, 0.2) is 72.8 Å². The average molecular weight is 423 g/mol. The van der Waals surface area contributed by atoms with Crippen molar-refractivity contribution < 1.29 is 14.0 Å². The van der Waals surface area contributed by atoms with E-state index in [1.165, 1.54) is 10.4 Å². The molecule has 0 N–H and O–H groups in total. The second-order valence-corrected chi connectivity index (χ2v) is 13.3. The second-order valence-electron chi connectivity index (χ2n) is 9.01. The molecule has 0 aromatic heterocycles. The van der Waals surface area contributed by atoms with Gasteiger partial charge in [-0.2, -0.15) is 0 Å². The highest BCUT2D eigenvalue weighted by molar-refractivity contribution is 6.99. The van der Waals surface area contributed by atoms with Crippen molar-refractivity contribution in [1.29, 1.82) is 0 Å². The Balaban J connectivity index is 1.98. The van der Waals surface area contributed by atoms with Crippen LogP contribution in [-0.4, -0.2) is 32.9 Å². The predicted octanol–water partition coefficient (Wildman–Crippen LogP) is 4.65. The largest absolute Gasteiger partial charge is 0.405 e. The van der Waals surface area contributed by atoms with Gasteiger partial charge in [0, 0.05) is 6.42 Å². The Morgan fingerprint density at radius 2 is 1.53 bits per heavy atom. The summed E-state index contributed by atoms with van der Waals surface area (Å²) in [5.41, 5.74) is 0. The van der Waals surface area contributed by atoms with Gasteiger partial charge in [0.15, 0.2) is 5.78 Å². The normalized spacial score (nSPS) is 21.7. The molecule has 0 saturated carbocycles. The Bertz CT molecular complexity index is 800. The van der Waals surface area contributed by atoms with E-state index in [-0.39, 0.29) is 23.0 Å². The van der Waals surface area contributed by atoms with Gasteiger partial charge in [0.25, 0.3) is 8.32 Å². The van der Waals surface area contributed by atoms with Gasteiger partial charge in [0.05, 0.1) is 12.7 Å². The Hall–Kier alpha value is -2.01. The van der Waals surface area contributed by atoms with E-state index >= 15 is 0 Å². The fraction of sp³-hybridized carbons (Fsp3) is 0.423. The maximum Gasteiger partial charge on any atom is 0.261 e. The second kappa shape index (κ2) is 9.86. The number of rotatable bonds is 6. The molecule has 1 aliphatic heterocycles. The molecule has 30 heavy (non-hydrogen) atoms. The Morgan fingerprint density at radius 3 is 2.03 bits per heavy atom. The molecule has 0 fully saturated rings. The van der Waals surface area contributed by atoms with Crippen molar-refractivity contribution in [2.24, 2.45) is 0 Å². The summed E-state index contributed by atoms with van der Waals surface area (Å²) >= 11 is 0. The zero-order valence-corrected chi connectivity index (χ0v) is 19.6. The monoisotopic (exact) mass is 422 g/mol. The fourth-order valence-electron chi connectivity index (χ4n) is 4.35. The number of allylic oxidation sites excluding steroid dienone is 1. The number of benzene rings is 2. The summed E-state index contributed by atoms with van der Waals surface area (Å²) < 4.78 is 13.2. The average Bonchev–Trinajstić information content (AvgIpc) is 2.73. The summed E-state index contributed by atoms with van der Waals surface area (Å²) in [6.45, 7) is 9.30. The zero-order chi connectivity index (χ0) is 21.6. The minimum atomic E-state index is -2.60. The summed E-state index contributed by atoms with van der Waals surface area (Å²) in [5, 5.41) is 2.44. The molecule has 0 unspecified atom stereocenters. The van der Waals surface area contributed by atoms with E-state index in [2.05, 4.69) is 87.5 Å². The number of carbonyl (C=O) groups is 1. The smallest absolute Gasteiger partial charge is 0.261 e. The van der Waals surface area contributed by atoms with Crippen molar-refractivity contribution in [3.8, 4) is 0 Å². The third kappa shape index (κ3) is 4.83. The molecular formula is C26H34O3Si. The molecule has 3 rings (SSSR count). The SMILES string of the molecule is CC[C@H]1O[C@@H](CO[Si](c2ccccc2)(c2ccccc2)C(C)(C)C)C/C=C\CC1=O. The fourth-order valence-corrected chi connectivity index (χ4v) is 8.94. The highest BCUT2D eigenvalue weighted by atomic mass is 28.4. The lowest BCUT2D eigenvalue weighted by Crippen LogP contribution is -2.67. The van der Waals surface area contributed by atoms with Gasteiger partial charge >= 0.3 is 0 Å². The van der Waals surface area contributed by atoms with Crippen molar-refractivity contribution in [3.63, 3.8) is 0 Å². The maximum absolute atomic E-state index is 12.3. The number of ketones is 1. The van der Waals surface area contributed by atoms with Crippen LogP contribution in [0, 0.1) is 0 Å². The van der Waals surface area contributed by atoms with Crippen LogP contribution in [0.25, 0.3) is 0 Å². The van der Waals surface area contributed by atoms with Crippen LogP contribution < -0.4 is 10.4 Å². The third-order valence-electron chi connectivity index (χ3n) is 5.87. The van der Waals surface area contributed by atoms with Crippen molar-refractivity contribution in [2.75, 3.05) is 6.61 Å². The minimum Gasteiger partial charge on any atom is -0.405 e. The molecule has 0 amide bonds. The topological polar surface area (TPSA) is 35.5 Å². The van der Waals surface area contributed by atoms with E-state index in [1.807, 2.05) is 13.0 Å². The van der Waals surface area contributed by atoms with E-state index < -0.39 is 8.32 Å². The van der Waals surface area contributed by atoms with Gasteiger partial charge in [-0.25, -0.2) is 0 Å². The summed E-state index contributed by atoms with van der Waals surface area (Å²) in [6, 6.07) is 21.3. The van der Waals surface area contributed by atoms with Crippen molar-refractivity contribution in [3.05, 3.63) is 72.8 Å². The zero-order valence-electron chi connectivity index (χ0n) is 18.6. The third-order valence-corrected chi connectivity index (χ3v) is 10.9. The van der Waals surface area contributed by atoms with Crippen LogP contribution in [0.3, 0.4) is 0 Å². The number of hydrogen-bond donors (Lipinski definition) is 0. The molecule has 4 heteroatoms. The van der Waals surface area contributed by atoms with Gasteiger partial charge < -0.3 is 9.16 Å². The molecule has 2 aromatic carbocycles. The predicted molar refractivity (Wildman–Crippen MR) is 126 cm³/mol. The van der Waals surface area contributed by atoms with Crippen LogP contribution >= 0.6 is 0 Å². The van der Waals surface area contributed by atoms with Crippen molar-refractivity contribution in [2.45, 2.75) is 64.2 Å². The van der Waals surface area contributed by atoms with Gasteiger partial charge in [-0.15, -0.1) is 0 Å². The van der Waals surface area contributed by atoms with E-state index in [9.17, 15) is 4.79 Å². The molecule has 160 valence electrons. The number of Topliss-reactive ketones (excluding diaryl/α,β-unsaturated/α-hetero) is 1. The van der Waals surface area contributed by atoms with Crippen LogP contribution in [0.2, 0.25) is 5.04 Å². The van der Waals surface area contributed by atoms with E-state index in [1.54, 1.807) is 0 Å². The van der Waals surface area contributed by atoms with E-state index in [0.29, 0.717) is 19.4 Å². The standard InChI is InChI=1S/C26H34O3Si/c1-5-25-24(27)19-13-12-14-21(29-25)20-28-30(26(2,3)4,22-15-8-6-9-16-22)23-17-10-7-11-18-23/h6-13,15-18,21,25H,5,14,19-20H2,1-4H3/b13-12-/t21-,25-/m1/s1. The van der Waals surface area contributed by atoms with Crippen molar-refractivity contribution in [1.82, 2.24) is 0 Å². The molecule has 0 bridgehead atoms. The highest BCUT2D eigenvalue weighted by Crippen LogP contribution is 2.37. The van der Waals surface area contributed by atoms with Gasteiger partial charge in [-0.3, -0.25) is 4.79 Å².